The second-order valence-corrected chi connectivity index (χ2v) is 18.5. The lowest BCUT2D eigenvalue weighted by Crippen LogP contribution is -2.64. The van der Waals surface area contributed by atoms with Gasteiger partial charge in [-0.25, -0.2) is 4.79 Å². The van der Waals surface area contributed by atoms with Crippen LogP contribution in [0.3, 0.4) is 0 Å². The van der Waals surface area contributed by atoms with Crippen molar-refractivity contribution in [2.24, 2.45) is 55.4 Å². The van der Waals surface area contributed by atoms with E-state index >= 15 is 0 Å². The first kappa shape index (κ1) is 32.2. The second-order valence-electron chi connectivity index (χ2n) is 16.9. The number of hydrogen-bond acceptors (Lipinski definition) is 7. The van der Waals surface area contributed by atoms with Crippen LogP contribution in [-0.4, -0.2) is 50.2 Å². The van der Waals surface area contributed by atoms with E-state index in [0.29, 0.717) is 16.2 Å². The van der Waals surface area contributed by atoms with Gasteiger partial charge in [-0.2, -0.15) is 0 Å². The Morgan fingerprint density at radius 2 is 1.75 bits per heavy atom. The summed E-state index contributed by atoms with van der Waals surface area (Å²) in [6, 6.07) is 0. The summed E-state index contributed by atoms with van der Waals surface area (Å²) in [4.78, 5) is 44.4. The van der Waals surface area contributed by atoms with Crippen molar-refractivity contribution in [3.05, 3.63) is 11.6 Å². The molecule has 1 aliphatic heterocycles. The minimum absolute atomic E-state index is 0.0131. The molecule has 1 N–H and O–H groups in total. The summed E-state index contributed by atoms with van der Waals surface area (Å²) in [5.41, 5.74) is 1.84. The van der Waals surface area contributed by atoms with Gasteiger partial charge in [-0.15, -0.1) is 0 Å². The number of oxime groups is 1. The number of carboxylic acid groups (broad SMARTS) is 1. The van der Waals surface area contributed by atoms with Crippen molar-refractivity contribution in [2.75, 3.05) is 12.3 Å². The molecule has 1 saturated heterocycles. The molecule has 1 heterocycles. The van der Waals surface area contributed by atoms with E-state index in [0.717, 1.165) is 69.9 Å². The zero-order valence-corrected chi connectivity index (χ0v) is 29.2. The van der Waals surface area contributed by atoms with Crippen molar-refractivity contribution < 1.29 is 24.3 Å². The van der Waals surface area contributed by atoms with Gasteiger partial charge in [0.15, 0.2) is 0 Å². The highest BCUT2D eigenvalue weighted by molar-refractivity contribution is 8.23. The summed E-state index contributed by atoms with van der Waals surface area (Å²) < 4.78 is 0.413. The Morgan fingerprint density at radius 1 is 1.05 bits per heavy atom. The van der Waals surface area contributed by atoms with Gasteiger partial charge in [-0.1, -0.05) is 89.3 Å². The topological polar surface area (TPSA) is 96.3 Å². The van der Waals surface area contributed by atoms with E-state index in [1.807, 2.05) is 0 Å². The first-order valence-corrected chi connectivity index (χ1v) is 18.0. The van der Waals surface area contributed by atoms with Gasteiger partial charge in [-0.05, 0) is 104 Å². The highest BCUT2D eigenvalue weighted by atomic mass is 32.2. The maximum Gasteiger partial charge on any atom is 0.354 e. The Labute approximate surface area is 272 Å². The van der Waals surface area contributed by atoms with Gasteiger partial charge in [0.1, 0.15) is 10.9 Å². The Kier molecular flexibility index (Phi) is 7.60. The number of carboxylic acids is 1. The maximum absolute atomic E-state index is 12.9. The molecule has 0 spiro atoms. The lowest BCUT2D eigenvalue weighted by molar-refractivity contribution is -0.179. The number of rotatable bonds is 4. The Morgan fingerprint density at radius 3 is 2.41 bits per heavy atom. The van der Waals surface area contributed by atoms with Gasteiger partial charge in [0.2, 0.25) is 5.91 Å². The number of thiocarbonyl (C=S) groups is 1. The molecule has 0 unspecified atom stereocenters. The summed E-state index contributed by atoms with van der Waals surface area (Å²) in [6.07, 6.45) is 11.9. The van der Waals surface area contributed by atoms with Crippen molar-refractivity contribution in [3.8, 4) is 0 Å². The van der Waals surface area contributed by atoms with E-state index in [1.54, 1.807) is 0 Å². The predicted octanol–water partition coefficient (Wildman–Crippen LogP) is 7.63. The molecule has 5 aliphatic carbocycles. The van der Waals surface area contributed by atoms with Crippen LogP contribution in [0.4, 0.5) is 0 Å². The fraction of sp³-hybridized carbons (Fsp3) is 0.800. The molecule has 1 amide bonds. The van der Waals surface area contributed by atoms with Gasteiger partial charge in [0, 0.05) is 5.41 Å². The van der Waals surface area contributed by atoms with Crippen molar-refractivity contribution >= 4 is 51.9 Å². The Balaban J connectivity index is 1.27. The van der Waals surface area contributed by atoms with Crippen molar-refractivity contribution in [3.63, 3.8) is 0 Å². The minimum atomic E-state index is -0.618. The number of fused-ring (bicyclic) bond motifs is 7. The predicted molar refractivity (Wildman–Crippen MR) is 177 cm³/mol. The number of hydrogen-bond donors (Lipinski definition) is 1. The molecule has 6 aliphatic rings. The first-order chi connectivity index (χ1) is 20.4. The fourth-order valence-electron chi connectivity index (χ4n) is 11.4. The third kappa shape index (κ3) is 4.51. The fourth-order valence-corrected chi connectivity index (χ4v) is 12.5. The molecule has 0 aromatic carbocycles. The van der Waals surface area contributed by atoms with Crippen LogP contribution < -0.4 is 0 Å². The normalized spacial score (nSPS) is 43.3. The largest absolute Gasteiger partial charge is 0.481 e. The molecule has 0 radical (unpaired) electrons. The van der Waals surface area contributed by atoms with Gasteiger partial charge in [0.25, 0.3) is 0 Å². The lowest BCUT2D eigenvalue weighted by atomic mass is 9.33. The van der Waals surface area contributed by atoms with E-state index in [4.69, 9.17) is 17.1 Å². The van der Waals surface area contributed by atoms with Crippen molar-refractivity contribution in [1.29, 1.82) is 0 Å². The van der Waals surface area contributed by atoms with Crippen LogP contribution >= 0.6 is 24.0 Å². The molecular weight excluding hydrogens is 593 g/mol. The summed E-state index contributed by atoms with van der Waals surface area (Å²) >= 11 is 6.48. The summed E-state index contributed by atoms with van der Waals surface area (Å²) in [6.45, 7) is 16.5. The van der Waals surface area contributed by atoms with Gasteiger partial charge in [0.05, 0.1) is 16.9 Å². The maximum atomic E-state index is 12.9. The van der Waals surface area contributed by atoms with Crippen LogP contribution in [0.1, 0.15) is 113 Å². The van der Waals surface area contributed by atoms with Crippen LogP contribution in [0.2, 0.25) is 0 Å². The zero-order valence-electron chi connectivity index (χ0n) is 27.6. The van der Waals surface area contributed by atoms with E-state index < -0.39 is 17.4 Å². The minimum Gasteiger partial charge on any atom is -0.481 e. The zero-order chi connectivity index (χ0) is 32.1. The van der Waals surface area contributed by atoms with E-state index in [2.05, 4.69) is 59.7 Å². The van der Waals surface area contributed by atoms with E-state index in [-0.39, 0.29) is 51.2 Å². The average molecular weight is 643 g/mol. The molecule has 9 heteroatoms. The Bertz CT molecular complexity index is 1350. The molecule has 5 fully saturated rings. The quantitative estimate of drug-likeness (QED) is 0.146. The molecule has 0 aromatic heterocycles. The molecule has 44 heavy (non-hydrogen) atoms. The SMILES string of the molecule is CC1(C)CC[C@]2(C(=O)O)CC[C@]3(C)C(=CC[C@H]4[C@@]5(C)CC/C(=N/OC(=O)CN6C(=O)CSC6=S)C(C)(C)[C@@H]5CC[C@]43C)[C@H]2C1. The van der Waals surface area contributed by atoms with Crippen LogP contribution in [0.5, 0.6) is 0 Å². The monoisotopic (exact) mass is 642 g/mol. The second kappa shape index (κ2) is 10.4. The highest BCUT2D eigenvalue weighted by Crippen LogP contribution is 2.75. The molecule has 7 atom stereocenters. The number of thioether (sulfide) groups is 1. The number of carbonyl (C=O) groups is 3. The van der Waals surface area contributed by atoms with Crippen molar-refractivity contribution in [1.82, 2.24) is 4.90 Å². The van der Waals surface area contributed by atoms with E-state index in [9.17, 15) is 19.5 Å². The molecule has 242 valence electrons. The van der Waals surface area contributed by atoms with Crippen molar-refractivity contribution in [2.45, 2.75) is 113 Å². The number of nitrogens with zero attached hydrogens (tertiary/aromatic N) is 2. The molecule has 4 saturated carbocycles. The summed E-state index contributed by atoms with van der Waals surface area (Å²) in [5, 5.41) is 15.1. The molecule has 0 bridgehead atoms. The van der Waals surface area contributed by atoms with Crippen LogP contribution in [0, 0.1) is 50.2 Å². The van der Waals surface area contributed by atoms with Gasteiger partial charge >= 0.3 is 11.9 Å². The molecule has 7 nitrogen and oxygen atoms in total. The van der Waals surface area contributed by atoms with Crippen LogP contribution in [-0.2, 0) is 19.2 Å². The summed E-state index contributed by atoms with van der Waals surface area (Å²) in [7, 11) is 0. The number of aliphatic carboxylic acids is 1. The third-order valence-electron chi connectivity index (χ3n) is 14.2. The third-order valence-corrected chi connectivity index (χ3v) is 15.7. The Hall–Kier alpha value is -1.74. The summed E-state index contributed by atoms with van der Waals surface area (Å²) in [5.74, 6) is -0.0555. The number of allylic oxidation sites excluding steroid dienone is 2. The van der Waals surface area contributed by atoms with Crippen LogP contribution in [0.25, 0.3) is 0 Å². The molecule has 0 aromatic rings. The molecule has 6 rings (SSSR count). The first-order valence-electron chi connectivity index (χ1n) is 16.6. The average Bonchev–Trinajstić information content (AvgIpc) is 3.24. The van der Waals surface area contributed by atoms with Gasteiger partial charge < -0.3 is 9.94 Å². The van der Waals surface area contributed by atoms with Crippen LogP contribution in [0.15, 0.2) is 16.8 Å². The smallest absolute Gasteiger partial charge is 0.354 e. The van der Waals surface area contributed by atoms with E-state index in [1.165, 1.54) is 22.2 Å². The standard InChI is InChI=1S/C35H50N2O5S2/c1-30(2)14-16-35(28(40)41)17-15-33(6)21(22(35)18-30)8-9-24-32(5)12-11-25(31(3,4)23(32)10-13-34(24,33)7)36-42-27(39)19-37-26(38)20-44-29(37)43/h8,22-24H,9-20H2,1-7H3,(H,40,41)/b36-25-/t22-,23+,24+,32+,33-,34-,35+/m1/s1. The highest BCUT2D eigenvalue weighted by Gasteiger charge is 2.69. The lowest BCUT2D eigenvalue weighted by Gasteiger charge is -2.70. The number of amides is 1. The van der Waals surface area contributed by atoms with Gasteiger partial charge in [-0.3, -0.25) is 14.5 Å². The molecular formula is C35H50N2O5S2. The number of carbonyl (C=O) groups excluding carboxylic acids is 2.